The highest BCUT2D eigenvalue weighted by Crippen LogP contribution is 2.28. The van der Waals surface area contributed by atoms with Crippen LogP contribution in [0.1, 0.15) is 30.9 Å². The van der Waals surface area contributed by atoms with Crippen LogP contribution >= 0.6 is 0 Å². The van der Waals surface area contributed by atoms with Gasteiger partial charge in [-0.1, -0.05) is 49.7 Å². The lowest BCUT2D eigenvalue weighted by molar-refractivity contribution is -0.121. The van der Waals surface area contributed by atoms with Gasteiger partial charge in [-0.3, -0.25) is 4.79 Å². The SMILES string of the molecule is CCCCNC(=O)CN(CCc1ccccc1)S(=O)(=O)c1cc(C)ccc1OC. The maximum absolute atomic E-state index is 13.4. The van der Waals surface area contributed by atoms with E-state index in [9.17, 15) is 13.2 Å². The summed E-state index contributed by atoms with van der Waals surface area (Å²) in [5.74, 6) is -0.0339. The summed E-state index contributed by atoms with van der Waals surface area (Å²) in [5, 5.41) is 2.80. The Labute approximate surface area is 173 Å². The zero-order chi connectivity index (χ0) is 21.3. The predicted molar refractivity (Wildman–Crippen MR) is 115 cm³/mol. The Balaban J connectivity index is 2.29. The Morgan fingerprint density at radius 1 is 1.14 bits per heavy atom. The van der Waals surface area contributed by atoms with Gasteiger partial charge in [0.2, 0.25) is 15.9 Å². The van der Waals surface area contributed by atoms with Crippen molar-refractivity contribution >= 4 is 15.9 Å². The highest BCUT2D eigenvalue weighted by Gasteiger charge is 2.29. The third-order valence-electron chi connectivity index (χ3n) is 4.60. The van der Waals surface area contributed by atoms with Crippen LogP contribution in [0, 0.1) is 6.92 Å². The quantitative estimate of drug-likeness (QED) is 0.569. The van der Waals surface area contributed by atoms with Gasteiger partial charge in [-0.15, -0.1) is 0 Å². The highest BCUT2D eigenvalue weighted by atomic mass is 32.2. The number of sulfonamides is 1. The van der Waals surface area contributed by atoms with E-state index < -0.39 is 10.0 Å². The van der Waals surface area contributed by atoms with Gasteiger partial charge in [0.25, 0.3) is 0 Å². The molecule has 158 valence electrons. The summed E-state index contributed by atoms with van der Waals surface area (Å²) in [7, 11) is -2.47. The monoisotopic (exact) mass is 418 g/mol. The Kier molecular flexibility index (Phi) is 8.67. The fraction of sp³-hybridized carbons (Fsp3) is 0.409. The molecule has 0 atom stereocenters. The second-order valence-corrected chi connectivity index (χ2v) is 8.84. The van der Waals surface area contributed by atoms with E-state index in [1.54, 1.807) is 18.2 Å². The molecule has 2 aromatic carbocycles. The average Bonchev–Trinajstić information content (AvgIpc) is 2.72. The minimum Gasteiger partial charge on any atom is -0.495 e. The summed E-state index contributed by atoms with van der Waals surface area (Å²) in [6.45, 7) is 4.37. The summed E-state index contributed by atoms with van der Waals surface area (Å²) in [5.41, 5.74) is 1.81. The van der Waals surface area contributed by atoms with Crippen molar-refractivity contribution in [3.8, 4) is 5.75 Å². The first kappa shape index (κ1) is 22.9. The third-order valence-corrected chi connectivity index (χ3v) is 6.47. The fourth-order valence-electron chi connectivity index (χ4n) is 2.93. The van der Waals surface area contributed by atoms with Crippen molar-refractivity contribution in [2.75, 3.05) is 26.7 Å². The van der Waals surface area contributed by atoms with Crippen molar-refractivity contribution < 1.29 is 17.9 Å². The summed E-state index contributed by atoms with van der Waals surface area (Å²) in [6.07, 6.45) is 2.32. The Morgan fingerprint density at radius 2 is 1.86 bits per heavy atom. The molecule has 0 aliphatic rings. The molecule has 7 heteroatoms. The minimum absolute atomic E-state index is 0.0782. The van der Waals surface area contributed by atoms with Crippen molar-refractivity contribution in [3.05, 3.63) is 59.7 Å². The standard InChI is InChI=1S/C22H30N2O4S/c1-4-5-14-23-22(25)17-24(15-13-19-9-7-6-8-10-19)29(26,27)21-16-18(2)11-12-20(21)28-3/h6-12,16H,4-5,13-15,17H2,1-3H3,(H,23,25). The van der Waals surface area contributed by atoms with Gasteiger partial charge in [0.15, 0.2) is 0 Å². The molecule has 2 rings (SSSR count). The first-order valence-electron chi connectivity index (χ1n) is 9.84. The number of nitrogens with one attached hydrogen (secondary N) is 1. The van der Waals surface area contributed by atoms with Gasteiger partial charge in [-0.2, -0.15) is 4.31 Å². The number of aryl methyl sites for hydroxylation is 1. The summed E-state index contributed by atoms with van der Waals surface area (Å²) >= 11 is 0. The molecule has 0 aromatic heterocycles. The van der Waals surface area contributed by atoms with Crippen LogP contribution < -0.4 is 10.1 Å². The van der Waals surface area contributed by atoms with E-state index in [2.05, 4.69) is 5.32 Å². The molecule has 0 aliphatic carbocycles. The molecular weight excluding hydrogens is 388 g/mol. The molecule has 0 fully saturated rings. The molecule has 0 radical (unpaired) electrons. The maximum atomic E-state index is 13.4. The largest absolute Gasteiger partial charge is 0.495 e. The first-order valence-corrected chi connectivity index (χ1v) is 11.3. The number of amides is 1. The van der Waals surface area contributed by atoms with E-state index in [1.807, 2.05) is 44.2 Å². The van der Waals surface area contributed by atoms with E-state index in [-0.39, 0.29) is 29.6 Å². The first-order chi connectivity index (χ1) is 13.9. The lowest BCUT2D eigenvalue weighted by atomic mass is 10.1. The molecule has 29 heavy (non-hydrogen) atoms. The van der Waals surface area contributed by atoms with Crippen LogP contribution in [0.4, 0.5) is 0 Å². The lowest BCUT2D eigenvalue weighted by Gasteiger charge is -2.23. The van der Waals surface area contributed by atoms with Crippen LogP contribution in [0.5, 0.6) is 5.75 Å². The van der Waals surface area contributed by atoms with E-state index >= 15 is 0 Å². The van der Waals surface area contributed by atoms with Crippen molar-refractivity contribution in [1.29, 1.82) is 0 Å². The number of carbonyl (C=O) groups is 1. The number of rotatable bonds is 11. The Bertz CT molecular complexity index is 898. The number of hydrogen-bond donors (Lipinski definition) is 1. The Morgan fingerprint density at radius 3 is 2.52 bits per heavy atom. The normalized spacial score (nSPS) is 11.4. The maximum Gasteiger partial charge on any atom is 0.247 e. The molecule has 1 amide bonds. The number of benzene rings is 2. The van der Waals surface area contributed by atoms with Crippen LogP contribution in [-0.2, 0) is 21.2 Å². The number of ether oxygens (including phenoxy) is 1. The number of carbonyl (C=O) groups excluding carboxylic acids is 1. The number of unbranched alkanes of at least 4 members (excludes halogenated alkanes) is 1. The van der Waals surface area contributed by atoms with Crippen molar-refractivity contribution in [2.24, 2.45) is 0 Å². The van der Waals surface area contributed by atoms with Crippen molar-refractivity contribution in [2.45, 2.75) is 38.0 Å². The number of methoxy groups -OCH3 is 1. The van der Waals surface area contributed by atoms with Crippen molar-refractivity contribution in [3.63, 3.8) is 0 Å². The molecule has 0 heterocycles. The van der Waals surface area contributed by atoms with Crippen molar-refractivity contribution in [1.82, 2.24) is 9.62 Å². The minimum atomic E-state index is -3.91. The van der Waals surface area contributed by atoms with Crippen LogP contribution in [0.15, 0.2) is 53.4 Å². The lowest BCUT2D eigenvalue weighted by Crippen LogP contribution is -2.42. The third kappa shape index (κ3) is 6.58. The molecule has 6 nitrogen and oxygen atoms in total. The van der Waals surface area contributed by atoms with E-state index in [1.165, 1.54) is 11.4 Å². The summed E-state index contributed by atoms with van der Waals surface area (Å²) < 4.78 is 33.3. The van der Waals surface area contributed by atoms with Gasteiger partial charge in [-0.25, -0.2) is 8.42 Å². The van der Waals surface area contributed by atoms with Gasteiger partial charge >= 0.3 is 0 Å². The second kappa shape index (κ2) is 11.0. The van der Waals surface area contributed by atoms with Crippen LogP contribution in [0.25, 0.3) is 0 Å². The van der Waals surface area contributed by atoms with Gasteiger partial charge in [0.05, 0.1) is 13.7 Å². The molecular formula is C22H30N2O4S. The number of hydrogen-bond acceptors (Lipinski definition) is 4. The second-order valence-electron chi connectivity index (χ2n) is 6.93. The predicted octanol–water partition coefficient (Wildman–Crippen LogP) is 3.15. The molecule has 1 N–H and O–H groups in total. The molecule has 0 unspecified atom stereocenters. The average molecular weight is 419 g/mol. The number of nitrogens with zero attached hydrogens (tertiary/aromatic N) is 1. The molecule has 0 saturated heterocycles. The molecule has 0 saturated carbocycles. The van der Waals surface area contributed by atoms with E-state index in [0.717, 1.165) is 24.0 Å². The Hall–Kier alpha value is -2.38. The van der Waals surface area contributed by atoms with Gasteiger partial charge in [0, 0.05) is 13.1 Å². The van der Waals surface area contributed by atoms with Crippen LogP contribution in [0.3, 0.4) is 0 Å². The van der Waals surface area contributed by atoms with Gasteiger partial charge in [-0.05, 0) is 43.0 Å². The van der Waals surface area contributed by atoms with Gasteiger partial charge in [0.1, 0.15) is 10.6 Å². The van der Waals surface area contributed by atoms with Crippen LogP contribution in [-0.4, -0.2) is 45.4 Å². The molecule has 0 bridgehead atoms. The highest BCUT2D eigenvalue weighted by molar-refractivity contribution is 7.89. The zero-order valence-electron chi connectivity index (χ0n) is 17.3. The topological polar surface area (TPSA) is 75.7 Å². The molecule has 0 aliphatic heterocycles. The fourth-order valence-corrected chi connectivity index (χ4v) is 4.57. The summed E-state index contributed by atoms with van der Waals surface area (Å²) in [4.78, 5) is 12.5. The van der Waals surface area contributed by atoms with E-state index in [4.69, 9.17) is 4.74 Å². The molecule has 0 spiro atoms. The van der Waals surface area contributed by atoms with E-state index in [0.29, 0.717) is 13.0 Å². The zero-order valence-corrected chi connectivity index (χ0v) is 18.2. The smallest absolute Gasteiger partial charge is 0.247 e. The van der Waals surface area contributed by atoms with Gasteiger partial charge < -0.3 is 10.1 Å². The summed E-state index contributed by atoms with van der Waals surface area (Å²) in [6, 6.07) is 14.6. The van der Waals surface area contributed by atoms with Crippen LogP contribution in [0.2, 0.25) is 0 Å². The molecule has 2 aromatic rings.